The molecule has 5 N–H and O–H groups in total. The molecule has 1 aliphatic heterocycles. The van der Waals surface area contributed by atoms with Crippen molar-refractivity contribution in [2.75, 3.05) is 17.6 Å². The Bertz CT molecular complexity index is 732. The van der Waals surface area contributed by atoms with E-state index in [-0.39, 0.29) is 17.9 Å². The van der Waals surface area contributed by atoms with Crippen molar-refractivity contribution < 1.29 is 4.79 Å². The van der Waals surface area contributed by atoms with Gasteiger partial charge in [0.1, 0.15) is 5.82 Å². The van der Waals surface area contributed by atoms with Crippen LogP contribution in [0, 0.1) is 6.92 Å². The van der Waals surface area contributed by atoms with Crippen LogP contribution in [0.1, 0.15) is 24.2 Å². The van der Waals surface area contributed by atoms with E-state index in [2.05, 4.69) is 20.3 Å². The molecule has 1 aromatic carbocycles. The summed E-state index contributed by atoms with van der Waals surface area (Å²) in [6.45, 7) is 3.23. The van der Waals surface area contributed by atoms with Crippen LogP contribution in [-0.4, -0.2) is 38.3 Å². The zero-order valence-corrected chi connectivity index (χ0v) is 13.6. The van der Waals surface area contributed by atoms with E-state index in [0.717, 1.165) is 25.1 Å². The lowest BCUT2D eigenvalue weighted by molar-refractivity contribution is -0.122. The van der Waals surface area contributed by atoms with Crippen LogP contribution in [0.25, 0.3) is 0 Å². The van der Waals surface area contributed by atoms with Crippen molar-refractivity contribution in [1.29, 1.82) is 0 Å². The Morgan fingerprint density at radius 2 is 2.04 bits per heavy atom. The fourth-order valence-electron chi connectivity index (χ4n) is 2.85. The van der Waals surface area contributed by atoms with Gasteiger partial charge in [-0.2, -0.15) is 15.0 Å². The number of hydrogen-bond donors (Lipinski definition) is 3. The number of nitrogen functional groups attached to an aromatic ring is 1. The maximum absolute atomic E-state index is 11.5. The Labute approximate surface area is 140 Å². The fourth-order valence-corrected chi connectivity index (χ4v) is 2.85. The van der Waals surface area contributed by atoms with Crippen molar-refractivity contribution in [2.24, 2.45) is 5.73 Å². The van der Waals surface area contributed by atoms with Gasteiger partial charge in [-0.25, -0.2) is 0 Å². The molecule has 2 aromatic rings. The number of nitrogens with two attached hydrogens (primary N) is 2. The first kappa shape index (κ1) is 16.1. The van der Waals surface area contributed by atoms with E-state index in [1.54, 1.807) is 0 Å². The zero-order chi connectivity index (χ0) is 17.1. The van der Waals surface area contributed by atoms with Gasteiger partial charge < -0.3 is 16.8 Å². The highest BCUT2D eigenvalue weighted by Gasteiger charge is 2.29. The number of nitrogens with zero attached hydrogens (tertiary/aromatic N) is 4. The number of rotatable bonds is 5. The Morgan fingerprint density at radius 1 is 1.29 bits per heavy atom. The number of anilines is 3. The summed E-state index contributed by atoms with van der Waals surface area (Å²) in [5.74, 6) is 0.735. The van der Waals surface area contributed by atoms with Crippen LogP contribution in [0.15, 0.2) is 24.3 Å². The van der Waals surface area contributed by atoms with Crippen LogP contribution in [0.3, 0.4) is 0 Å². The Hall–Kier alpha value is -2.74. The van der Waals surface area contributed by atoms with E-state index in [1.807, 2.05) is 36.1 Å². The van der Waals surface area contributed by atoms with Gasteiger partial charge >= 0.3 is 0 Å². The number of likely N-dealkylation sites (tertiary alicyclic amines) is 1. The smallest absolute Gasteiger partial charge is 0.234 e. The molecule has 2 heterocycles. The van der Waals surface area contributed by atoms with Gasteiger partial charge in [0.05, 0.1) is 12.6 Å². The molecule has 8 nitrogen and oxygen atoms in total. The maximum atomic E-state index is 11.5. The first-order chi connectivity index (χ1) is 11.5. The largest absolute Gasteiger partial charge is 0.368 e. The average molecular weight is 327 g/mol. The van der Waals surface area contributed by atoms with Gasteiger partial charge in [0, 0.05) is 5.69 Å². The predicted octanol–water partition coefficient (Wildman–Crippen LogP) is 0.956. The highest BCUT2D eigenvalue weighted by molar-refractivity contribution is 5.80. The summed E-state index contributed by atoms with van der Waals surface area (Å²) in [6.07, 6.45) is 1.70. The maximum Gasteiger partial charge on any atom is 0.234 e. The third-order valence-corrected chi connectivity index (χ3v) is 4.04. The summed E-state index contributed by atoms with van der Waals surface area (Å²) < 4.78 is 0. The third kappa shape index (κ3) is 3.77. The minimum Gasteiger partial charge on any atom is -0.368 e. The number of carbonyl (C=O) groups is 1. The van der Waals surface area contributed by atoms with Crippen LogP contribution in [0.4, 0.5) is 17.6 Å². The summed E-state index contributed by atoms with van der Waals surface area (Å²) in [5, 5.41) is 3.12. The molecule has 0 bridgehead atoms. The third-order valence-electron chi connectivity index (χ3n) is 4.04. The number of nitrogens with one attached hydrogen (secondary N) is 1. The highest BCUT2D eigenvalue weighted by atomic mass is 16.1. The summed E-state index contributed by atoms with van der Waals surface area (Å²) >= 11 is 0. The molecule has 0 aliphatic carbocycles. The first-order valence-corrected chi connectivity index (χ1v) is 7.89. The average Bonchev–Trinajstić information content (AvgIpc) is 2.97. The number of primary amides is 1. The van der Waals surface area contributed by atoms with Crippen LogP contribution >= 0.6 is 0 Å². The standard InChI is InChI=1S/C16H21N7O/c1-10-4-6-11(7-5-10)19-16-21-13(20-15(18)22-16)9-23-8-2-3-12(23)14(17)24/h4-7,12H,2-3,8-9H2,1H3,(H2,17,24)(H3,18,19,20,21,22)/t12-/m0/s1. The van der Waals surface area contributed by atoms with Crippen molar-refractivity contribution in [3.05, 3.63) is 35.7 Å². The first-order valence-electron chi connectivity index (χ1n) is 7.89. The van der Waals surface area contributed by atoms with Gasteiger partial charge in [-0.05, 0) is 38.4 Å². The normalized spacial score (nSPS) is 17.8. The number of carbonyl (C=O) groups excluding carboxylic acids is 1. The molecule has 1 atom stereocenters. The summed E-state index contributed by atoms with van der Waals surface area (Å²) in [5.41, 5.74) is 13.3. The lowest BCUT2D eigenvalue weighted by Crippen LogP contribution is -2.40. The molecule has 1 fully saturated rings. The van der Waals surface area contributed by atoms with Crippen LogP contribution in [0.5, 0.6) is 0 Å². The number of hydrogen-bond acceptors (Lipinski definition) is 7. The Kier molecular flexibility index (Phi) is 4.57. The van der Waals surface area contributed by atoms with Gasteiger partial charge in [0.2, 0.25) is 17.8 Å². The van der Waals surface area contributed by atoms with Crippen molar-refractivity contribution in [2.45, 2.75) is 32.4 Å². The molecule has 1 amide bonds. The Morgan fingerprint density at radius 3 is 2.75 bits per heavy atom. The van der Waals surface area contributed by atoms with Crippen molar-refractivity contribution >= 4 is 23.5 Å². The molecule has 0 spiro atoms. The number of benzene rings is 1. The molecule has 1 aromatic heterocycles. The lowest BCUT2D eigenvalue weighted by Gasteiger charge is -2.20. The predicted molar refractivity (Wildman–Crippen MR) is 91.3 cm³/mol. The van der Waals surface area contributed by atoms with Crippen molar-refractivity contribution in [1.82, 2.24) is 19.9 Å². The lowest BCUT2D eigenvalue weighted by atomic mass is 10.2. The molecule has 3 rings (SSSR count). The van der Waals surface area contributed by atoms with E-state index < -0.39 is 0 Å². The SMILES string of the molecule is Cc1ccc(Nc2nc(N)nc(CN3CCC[C@H]3C(N)=O)n2)cc1. The van der Waals surface area contributed by atoms with E-state index in [0.29, 0.717) is 18.3 Å². The quantitative estimate of drug-likeness (QED) is 0.747. The molecule has 0 radical (unpaired) electrons. The van der Waals surface area contributed by atoms with Gasteiger partial charge in [0.25, 0.3) is 0 Å². The van der Waals surface area contributed by atoms with Gasteiger partial charge in [-0.1, -0.05) is 17.7 Å². The van der Waals surface area contributed by atoms with Crippen LogP contribution in [0.2, 0.25) is 0 Å². The molecule has 8 heteroatoms. The van der Waals surface area contributed by atoms with Gasteiger partial charge in [-0.15, -0.1) is 0 Å². The minimum atomic E-state index is -0.312. The second-order valence-corrected chi connectivity index (χ2v) is 5.96. The van der Waals surface area contributed by atoms with E-state index in [1.165, 1.54) is 5.56 Å². The molecule has 0 saturated carbocycles. The highest BCUT2D eigenvalue weighted by Crippen LogP contribution is 2.20. The molecule has 1 aliphatic rings. The Balaban J connectivity index is 1.76. The van der Waals surface area contributed by atoms with E-state index in [9.17, 15) is 4.79 Å². The number of amides is 1. The summed E-state index contributed by atoms with van der Waals surface area (Å²) in [6, 6.07) is 7.61. The van der Waals surface area contributed by atoms with E-state index in [4.69, 9.17) is 11.5 Å². The molecule has 1 saturated heterocycles. The summed E-state index contributed by atoms with van der Waals surface area (Å²) in [4.78, 5) is 26.2. The number of aromatic nitrogens is 3. The zero-order valence-electron chi connectivity index (χ0n) is 13.6. The fraction of sp³-hybridized carbons (Fsp3) is 0.375. The van der Waals surface area contributed by atoms with Gasteiger partial charge in [-0.3, -0.25) is 9.69 Å². The molecular formula is C16H21N7O. The van der Waals surface area contributed by atoms with Crippen molar-refractivity contribution in [3.63, 3.8) is 0 Å². The second kappa shape index (κ2) is 6.79. The minimum absolute atomic E-state index is 0.143. The van der Waals surface area contributed by atoms with E-state index >= 15 is 0 Å². The molecule has 126 valence electrons. The monoisotopic (exact) mass is 327 g/mol. The number of aryl methyl sites for hydroxylation is 1. The van der Waals surface area contributed by atoms with Crippen LogP contribution < -0.4 is 16.8 Å². The van der Waals surface area contributed by atoms with Gasteiger partial charge in [0.15, 0.2) is 0 Å². The molecule has 24 heavy (non-hydrogen) atoms. The molecule has 0 unspecified atom stereocenters. The second-order valence-electron chi connectivity index (χ2n) is 5.96. The van der Waals surface area contributed by atoms with Crippen LogP contribution in [-0.2, 0) is 11.3 Å². The van der Waals surface area contributed by atoms with Crippen molar-refractivity contribution in [3.8, 4) is 0 Å². The molecular weight excluding hydrogens is 306 g/mol. The summed E-state index contributed by atoms with van der Waals surface area (Å²) in [7, 11) is 0. The topological polar surface area (TPSA) is 123 Å².